The second kappa shape index (κ2) is 13.2. The Morgan fingerprint density at radius 2 is 1.88 bits per heavy atom. The van der Waals surface area contributed by atoms with Gasteiger partial charge in [0.25, 0.3) is 0 Å². The van der Waals surface area contributed by atoms with Crippen molar-refractivity contribution in [3.05, 3.63) is 0 Å². The number of likely N-dealkylation sites (tertiary alicyclic amines) is 1. The fourth-order valence-electron chi connectivity index (χ4n) is 4.92. The average molecular weight is 495 g/mol. The molecule has 0 aromatic rings. The third kappa shape index (κ3) is 7.77. The van der Waals surface area contributed by atoms with Gasteiger partial charge >= 0.3 is 6.09 Å². The molecular weight excluding hydrogens is 452 g/mol. The van der Waals surface area contributed by atoms with Crippen molar-refractivity contribution in [2.75, 3.05) is 51.3 Å². The van der Waals surface area contributed by atoms with Gasteiger partial charge in [-0.05, 0) is 39.2 Å². The predicted octanol–water partition coefficient (Wildman–Crippen LogP) is 2.83. The lowest BCUT2D eigenvalue weighted by Gasteiger charge is -2.37. The Labute approximate surface area is 209 Å². The van der Waals surface area contributed by atoms with E-state index in [1.165, 1.54) is 19.3 Å². The molecule has 192 valence electrons. The number of nitrogens with zero attached hydrogens (tertiary/aromatic N) is 4. The molecule has 2 amide bonds. The zero-order valence-electron chi connectivity index (χ0n) is 20.7. The van der Waals surface area contributed by atoms with Gasteiger partial charge in [0.2, 0.25) is 11.9 Å². The number of thioether (sulfide) groups is 1. The summed E-state index contributed by atoms with van der Waals surface area (Å²) >= 11 is 1.86. The summed E-state index contributed by atoms with van der Waals surface area (Å²) in [6, 6.07) is 1.73. The predicted molar refractivity (Wildman–Crippen MR) is 137 cm³/mol. The van der Waals surface area contributed by atoms with Crippen molar-refractivity contribution in [2.45, 2.75) is 69.9 Å². The first-order valence-corrected chi connectivity index (χ1v) is 13.9. The topological polar surface area (TPSA) is 110 Å². The molecule has 9 nitrogen and oxygen atoms in total. The normalized spacial score (nSPS) is 23.0. The van der Waals surface area contributed by atoms with Crippen LogP contribution in [0.4, 0.5) is 4.79 Å². The lowest BCUT2D eigenvalue weighted by molar-refractivity contribution is -0.124. The van der Waals surface area contributed by atoms with Crippen LogP contribution in [0.25, 0.3) is 0 Å². The SMILES string of the molecule is CCOC(=O)NC(=N[C@@H](CC1CCCCC1)C(=O)NC1(C#N)CCN(C)CC1)N1CCSCC1.[HH]. The summed E-state index contributed by atoms with van der Waals surface area (Å²) in [7, 11) is 2.03. The van der Waals surface area contributed by atoms with E-state index < -0.39 is 17.7 Å². The molecule has 0 unspecified atom stereocenters. The van der Waals surface area contributed by atoms with E-state index in [1.54, 1.807) is 6.92 Å². The number of alkyl carbamates (subject to hydrolysis) is 1. The van der Waals surface area contributed by atoms with E-state index in [2.05, 4.69) is 21.6 Å². The quantitative estimate of drug-likeness (QED) is 0.431. The molecule has 3 rings (SSSR count). The number of guanidine groups is 1. The number of hydrogen-bond acceptors (Lipinski definition) is 7. The number of hydrogen-bond donors (Lipinski definition) is 2. The van der Waals surface area contributed by atoms with E-state index in [-0.39, 0.29) is 13.9 Å². The third-order valence-electron chi connectivity index (χ3n) is 7.08. The van der Waals surface area contributed by atoms with Crippen LogP contribution >= 0.6 is 11.8 Å². The van der Waals surface area contributed by atoms with Gasteiger partial charge in [0.1, 0.15) is 11.6 Å². The number of carbonyl (C=O) groups excluding carboxylic acids is 2. The number of nitriles is 1. The van der Waals surface area contributed by atoms with Gasteiger partial charge in [-0.2, -0.15) is 17.0 Å². The number of piperidine rings is 1. The third-order valence-corrected chi connectivity index (χ3v) is 8.02. The van der Waals surface area contributed by atoms with Crippen molar-refractivity contribution in [1.82, 2.24) is 20.4 Å². The maximum Gasteiger partial charge on any atom is 0.413 e. The van der Waals surface area contributed by atoms with Crippen molar-refractivity contribution in [3.8, 4) is 6.07 Å². The highest BCUT2D eigenvalue weighted by molar-refractivity contribution is 7.99. The zero-order chi connectivity index (χ0) is 24.4. The van der Waals surface area contributed by atoms with E-state index in [9.17, 15) is 14.9 Å². The van der Waals surface area contributed by atoms with Gasteiger partial charge in [0.15, 0.2) is 0 Å². The molecule has 10 heteroatoms. The Balaban J connectivity index is 0.00000432. The molecule has 2 aliphatic heterocycles. The standard InChI is InChI=1S/C24H40N6O3S.H2/c1-3-33-23(32)27-22(30-13-15-34-16-14-30)26-20(17-19-7-5-4-6-8-19)21(31)28-24(18-25)9-11-29(2)12-10-24;/h19-20H,3-17H2,1-2H3,(H,28,31)(H,26,27,32);1H/t20-;/m0./s1. The molecule has 1 atom stereocenters. The van der Waals surface area contributed by atoms with Crippen LogP contribution in [0.5, 0.6) is 0 Å². The fraction of sp³-hybridized carbons (Fsp3) is 0.833. The molecule has 0 aromatic heterocycles. The van der Waals surface area contributed by atoms with Crippen LogP contribution in [0, 0.1) is 17.2 Å². The Morgan fingerprint density at radius 1 is 1.21 bits per heavy atom. The molecule has 34 heavy (non-hydrogen) atoms. The molecule has 0 radical (unpaired) electrons. The smallest absolute Gasteiger partial charge is 0.413 e. The molecule has 3 fully saturated rings. The number of nitrogens with one attached hydrogen (secondary N) is 2. The van der Waals surface area contributed by atoms with Crippen molar-refractivity contribution in [3.63, 3.8) is 0 Å². The van der Waals surface area contributed by atoms with Gasteiger partial charge in [0.05, 0.1) is 12.7 Å². The second-order valence-corrected chi connectivity index (χ2v) is 10.9. The van der Waals surface area contributed by atoms with Crippen LogP contribution in [-0.4, -0.2) is 90.7 Å². The maximum atomic E-state index is 13.6. The van der Waals surface area contributed by atoms with Crippen LogP contribution in [0.15, 0.2) is 4.99 Å². The summed E-state index contributed by atoms with van der Waals surface area (Å²) in [5.41, 5.74) is -0.861. The van der Waals surface area contributed by atoms with E-state index in [0.29, 0.717) is 31.1 Å². The minimum Gasteiger partial charge on any atom is -0.450 e. The Hall–Kier alpha value is -1.99. The Morgan fingerprint density at radius 3 is 2.50 bits per heavy atom. The first-order chi connectivity index (χ1) is 16.4. The molecule has 1 saturated carbocycles. The number of amides is 2. The van der Waals surface area contributed by atoms with Gasteiger partial charge in [-0.3, -0.25) is 10.1 Å². The zero-order valence-corrected chi connectivity index (χ0v) is 21.5. The largest absolute Gasteiger partial charge is 0.450 e. The summed E-state index contributed by atoms with van der Waals surface area (Å²) in [6.45, 7) is 5.07. The van der Waals surface area contributed by atoms with Crippen LogP contribution in [-0.2, 0) is 9.53 Å². The van der Waals surface area contributed by atoms with Crippen LogP contribution in [0.3, 0.4) is 0 Å². The molecule has 0 aromatic carbocycles. The Bertz CT molecular complexity index is 757. The Kier molecular flexibility index (Phi) is 10.3. The van der Waals surface area contributed by atoms with Gasteiger partial charge in [-0.1, -0.05) is 32.1 Å². The molecule has 2 heterocycles. The number of aliphatic imine (C=N–C) groups is 1. The highest BCUT2D eigenvalue weighted by Crippen LogP contribution is 2.29. The van der Waals surface area contributed by atoms with E-state index >= 15 is 0 Å². The average Bonchev–Trinajstić information content (AvgIpc) is 2.86. The molecular formula is C24H42N6O3S. The highest BCUT2D eigenvalue weighted by atomic mass is 32.2. The van der Waals surface area contributed by atoms with Crippen molar-refractivity contribution >= 4 is 29.7 Å². The fourth-order valence-corrected chi connectivity index (χ4v) is 5.82. The summed E-state index contributed by atoms with van der Waals surface area (Å²) in [6.07, 6.45) is 7.05. The van der Waals surface area contributed by atoms with Gasteiger partial charge in [0, 0.05) is 39.1 Å². The molecule has 3 aliphatic rings. The summed E-state index contributed by atoms with van der Waals surface area (Å²) < 4.78 is 5.11. The second-order valence-electron chi connectivity index (χ2n) is 9.64. The van der Waals surface area contributed by atoms with Gasteiger partial charge in [-0.25, -0.2) is 9.79 Å². The van der Waals surface area contributed by atoms with Crippen LogP contribution in [0.1, 0.15) is 59.7 Å². The molecule has 1 aliphatic carbocycles. The number of carbonyl (C=O) groups is 2. The lowest BCUT2D eigenvalue weighted by atomic mass is 9.84. The number of ether oxygens (including phenoxy) is 1. The van der Waals surface area contributed by atoms with Gasteiger partial charge in [-0.15, -0.1) is 0 Å². The summed E-state index contributed by atoms with van der Waals surface area (Å²) in [5, 5.41) is 15.8. The van der Waals surface area contributed by atoms with Crippen molar-refractivity contribution in [1.29, 1.82) is 5.26 Å². The van der Waals surface area contributed by atoms with Gasteiger partial charge < -0.3 is 19.9 Å². The van der Waals surface area contributed by atoms with E-state index in [4.69, 9.17) is 9.73 Å². The highest BCUT2D eigenvalue weighted by Gasteiger charge is 2.38. The molecule has 2 N–H and O–H groups in total. The summed E-state index contributed by atoms with van der Waals surface area (Å²) in [4.78, 5) is 35.0. The summed E-state index contributed by atoms with van der Waals surface area (Å²) in [5.74, 6) is 2.49. The van der Waals surface area contributed by atoms with Crippen molar-refractivity contribution < 1.29 is 15.8 Å². The molecule has 0 bridgehead atoms. The minimum absolute atomic E-state index is 0. The van der Waals surface area contributed by atoms with Crippen LogP contribution < -0.4 is 10.6 Å². The lowest BCUT2D eigenvalue weighted by Crippen LogP contribution is -2.56. The molecule has 0 spiro atoms. The first kappa shape index (κ1) is 26.6. The number of rotatable bonds is 6. The minimum atomic E-state index is -0.861. The molecule has 2 saturated heterocycles. The maximum absolute atomic E-state index is 13.6. The van der Waals surface area contributed by atoms with E-state index in [1.807, 2.05) is 23.7 Å². The monoisotopic (exact) mass is 494 g/mol. The van der Waals surface area contributed by atoms with Crippen molar-refractivity contribution in [2.24, 2.45) is 10.9 Å². The van der Waals surface area contributed by atoms with E-state index in [0.717, 1.165) is 50.5 Å². The van der Waals surface area contributed by atoms with Crippen LogP contribution in [0.2, 0.25) is 0 Å². The first-order valence-electron chi connectivity index (χ1n) is 12.7.